The van der Waals surface area contributed by atoms with Crippen LogP contribution >= 0.6 is 23.4 Å². The Kier molecular flexibility index (Phi) is 11.8. The minimum Gasteiger partial charge on any atom is -0.490 e. The average molecular weight is 633 g/mol. The molecule has 0 saturated carbocycles. The third kappa shape index (κ3) is 8.90. The molecule has 1 saturated heterocycles. The maximum absolute atomic E-state index is 9.84. The van der Waals surface area contributed by atoms with Crippen LogP contribution in [0.1, 0.15) is 20.3 Å². The van der Waals surface area contributed by atoms with E-state index in [1.165, 1.54) is 47.3 Å². The van der Waals surface area contributed by atoms with Gasteiger partial charge in [-0.15, -0.1) is 0 Å². The fourth-order valence-corrected chi connectivity index (χ4v) is 6.75. The highest BCUT2D eigenvalue weighted by Crippen LogP contribution is 2.48. The lowest BCUT2D eigenvalue weighted by atomic mass is 10.1. The Bertz CT molecular complexity index is 1490. The average Bonchev–Trinajstić information content (AvgIpc) is 3.04. The number of hydrogen-bond donors (Lipinski definition) is 2. The van der Waals surface area contributed by atoms with Gasteiger partial charge in [0.15, 0.2) is 0 Å². The summed E-state index contributed by atoms with van der Waals surface area (Å²) in [4.78, 5) is 10.1. The highest BCUT2D eigenvalue weighted by atomic mass is 35.5. The fraction of sp³-hybridized carbons (Fsp3) is 0.389. The third-order valence-electron chi connectivity index (χ3n) is 7.98. The van der Waals surface area contributed by atoms with Crippen molar-refractivity contribution in [3.63, 3.8) is 0 Å². The Morgan fingerprint density at radius 1 is 0.864 bits per heavy atom. The maximum Gasteiger partial charge on any atom is 0.127 e. The SMILES string of the molecule is CC(C)NCC(O)COc1cccc2ccccc12.CN1CCN(CCCN2c3ccccc3Sc3ccc(Cl)cc32)CC1. The van der Waals surface area contributed by atoms with E-state index in [-0.39, 0.29) is 0 Å². The zero-order valence-electron chi connectivity index (χ0n) is 26.1. The van der Waals surface area contributed by atoms with Crippen LogP contribution in [0.5, 0.6) is 5.75 Å². The highest BCUT2D eigenvalue weighted by molar-refractivity contribution is 7.99. The summed E-state index contributed by atoms with van der Waals surface area (Å²) in [6, 6.07) is 29.3. The highest BCUT2D eigenvalue weighted by Gasteiger charge is 2.23. The van der Waals surface area contributed by atoms with Crippen LogP contribution in [-0.2, 0) is 0 Å². The van der Waals surface area contributed by atoms with Gasteiger partial charge in [0.25, 0.3) is 0 Å². The maximum atomic E-state index is 9.84. The van der Waals surface area contributed by atoms with Crippen LogP contribution in [0.25, 0.3) is 10.8 Å². The first-order valence-corrected chi connectivity index (χ1v) is 16.8. The Morgan fingerprint density at radius 2 is 1.59 bits per heavy atom. The summed E-state index contributed by atoms with van der Waals surface area (Å²) < 4.78 is 5.72. The lowest BCUT2D eigenvalue weighted by Crippen LogP contribution is -2.45. The molecule has 4 aromatic carbocycles. The van der Waals surface area contributed by atoms with Gasteiger partial charge >= 0.3 is 0 Å². The molecule has 1 fully saturated rings. The lowest BCUT2D eigenvalue weighted by molar-refractivity contribution is 0.105. The number of nitrogens with zero attached hydrogens (tertiary/aromatic N) is 3. The molecule has 4 aromatic rings. The predicted octanol–water partition coefficient (Wildman–Crippen LogP) is 7.16. The molecule has 1 unspecified atom stereocenters. The largest absolute Gasteiger partial charge is 0.490 e. The normalized spacial score (nSPS) is 15.8. The third-order valence-corrected chi connectivity index (χ3v) is 9.35. The molecule has 44 heavy (non-hydrogen) atoms. The number of fused-ring (bicyclic) bond motifs is 3. The Balaban J connectivity index is 0.000000182. The van der Waals surface area contributed by atoms with Crippen molar-refractivity contribution in [1.29, 1.82) is 0 Å². The van der Waals surface area contributed by atoms with E-state index in [0.717, 1.165) is 41.1 Å². The van der Waals surface area contributed by atoms with Gasteiger partial charge in [-0.1, -0.05) is 85.7 Å². The number of likely N-dealkylation sites (N-methyl/N-ethyl adjacent to an activating group) is 1. The molecule has 0 aliphatic carbocycles. The van der Waals surface area contributed by atoms with E-state index in [0.29, 0.717) is 19.2 Å². The van der Waals surface area contributed by atoms with Gasteiger partial charge in [-0.05, 0) is 61.8 Å². The van der Waals surface area contributed by atoms with Crippen molar-refractivity contribution in [3.8, 4) is 5.75 Å². The van der Waals surface area contributed by atoms with Crippen LogP contribution in [0, 0.1) is 0 Å². The van der Waals surface area contributed by atoms with Crippen LogP contribution in [0.2, 0.25) is 5.02 Å². The monoisotopic (exact) mass is 632 g/mol. The Morgan fingerprint density at radius 3 is 2.41 bits per heavy atom. The van der Waals surface area contributed by atoms with Gasteiger partial charge in [-0.25, -0.2) is 0 Å². The van der Waals surface area contributed by atoms with Gasteiger partial charge in [-0.2, -0.15) is 0 Å². The molecule has 1 atom stereocenters. The number of benzene rings is 4. The summed E-state index contributed by atoms with van der Waals surface area (Å²) in [7, 11) is 2.21. The summed E-state index contributed by atoms with van der Waals surface area (Å²) >= 11 is 8.13. The molecule has 234 valence electrons. The first-order valence-electron chi connectivity index (χ1n) is 15.6. The number of para-hydroxylation sites is 1. The number of aliphatic hydroxyl groups excluding tert-OH is 1. The number of halogens is 1. The second-order valence-electron chi connectivity index (χ2n) is 11.8. The minimum atomic E-state index is -0.499. The molecule has 0 bridgehead atoms. The first-order chi connectivity index (χ1) is 21.4. The quantitative estimate of drug-likeness (QED) is 0.192. The van der Waals surface area contributed by atoms with Gasteiger partial charge < -0.3 is 29.9 Å². The lowest BCUT2D eigenvalue weighted by Gasteiger charge is -2.35. The van der Waals surface area contributed by atoms with Crippen LogP contribution in [0.3, 0.4) is 0 Å². The molecule has 8 heteroatoms. The number of aliphatic hydroxyl groups is 1. The second kappa shape index (κ2) is 16.0. The summed E-state index contributed by atoms with van der Waals surface area (Å²) in [5.41, 5.74) is 2.55. The molecular formula is C36H45ClN4O2S. The Labute approximate surface area is 271 Å². The molecule has 2 N–H and O–H groups in total. The van der Waals surface area contributed by atoms with Crippen molar-refractivity contribution in [2.45, 2.75) is 42.2 Å². The molecule has 0 radical (unpaired) electrons. The van der Waals surface area contributed by atoms with Crippen LogP contribution in [0.15, 0.2) is 94.7 Å². The summed E-state index contributed by atoms with van der Waals surface area (Å²) in [5.74, 6) is 0.821. The molecule has 0 amide bonds. The van der Waals surface area contributed by atoms with Crippen molar-refractivity contribution < 1.29 is 9.84 Å². The van der Waals surface area contributed by atoms with Crippen molar-refractivity contribution in [3.05, 3.63) is 90.0 Å². The molecule has 2 aliphatic heterocycles. The molecule has 0 aromatic heterocycles. The van der Waals surface area contributed by atoms with E-state index in [9.17, 15) is 5.11 Å². The number of piperazine rings is 1. The van der Waals surface area contributed by atoms with E-state index in [2.05, 4.69) is 89.4 Å². The van der Waals surface area contributed by atoms with E-state index in [1.807, 2.05) is 48.2 Å². The molecule has 2 heterocycles. The molecule has 2 aliphatic rings. The molecule has 6 nitrogen and oxygen atoms in total. The Hall–Kier alpha value is -2.78. The van der Waals surface area contributed by atoms with E-state index >= 15 is 0 Å². The van der Waals surface area contributed by atoms with Gasteiger partial charge in [0.05, 0.1) is 11.4 Å². The minimum absolute atomic E-state index is 0.299. The predicted molar refractivity (Wildman–Crippen MR) is 186 cm³/mol. The van der Waals surface area contributed by atoms with Gasteiger partial charge in [-0.3, -0.25) is 0 Å². The molecule has 0 spiro atoms. The summed E-state index contributed by atoms with van der Waals surface area (Å²) in [6.07, 6.45) is 0.663. The summed E-state index contributed by atoms with van der Waals surface area (Å²) in [5, 5.41) is 16.1. The van der Waals surface area contributed by atoms with E-state index in [4.69, 9.17) is 16.3 Å². The number of rotatable bonds is 10. The zero-order valence-corrected chi connectivity index (χ0v) is 27.7. The van der Waals surface area contributed by atoms with Crippen LogP contribution in [-0.4, -0.2) is 86.5 Å². The van der Waals surface area contributed by atoms with E-state index in [1.54, 1.807) is 0 Å². The number of ether oxygens (including phenoxy) is 1. The number of anilines is 2. The second-order valence-corrected chi connectivity index (χ2v) is 13.4. The van der Waals surface area contributed by atoms with Crippen LogP contribution < -0.4 is 15.0 Å². The first kappa shape index (κ1) is 32.6. The van der Waals surface area contributed by atoms with Gasteiger partial charge in [0.2, 0.25) is 0 Å². The standard InChI is InChI=1S/C20H24ClN3S.C16H21NO2/c1-22-11-13-23(14-12-22)9-4-10-24-17-5-2-3-6-19(17)25-20-8-7-16(21)15-18(20)24;1-12(2)17-10-14(18)11-19-16-9-5-7-13-6-3-4-8-15(13)16/h2-3,5-8,15H,4,9-14H2,1H3;3-9,12,14,17-18H,10-11H2,1-2H3. The van der Waals surface area contributed by atoms with Crippen molar-refractivity contribution >= 4 is 45.5 Å². The van der Waals surface area contributed by atoms with Crippen molar-refractivity contribution in [1.82, 2.24) is 15.1 Å². The topological polar surface area (TPSA) is 51.2 Å². The summed E-state index contributed by atoms with van der Waals surface area (Å²) in [6.45, 7) is 11.9. The van der Waals surface area contributed by atoms with Gasteiger partial charge in [0, 0.05) is 65.5 Å². The van der Waals surface area contributed by atoms with Crippen molar-refractivity contribution in [2.75, 3.05) is 64.4 Å². The fourth-order valence-electron chi connectivity index (χ4n) is 5.51. The molecular weight excluding hydrogens is 588 g/mol. The smallest absolute Gasteiger partial charge is 0.127 e. The van der Waals surface area contributed by atoms with E-state index < -0.39 is 6.10 Å². The number of nitrogens with one attached hydrogen (secondary N) is 1. The molecule has 6 rings (SSSR count). The zero-order chi connectivity index (χ0) is 30.9. The number of hydrogen-bond acceptors (Lipinski definition) is 7. The van der Waals surface area contributed by atoms with Crippen LogP contribution in [0.4, 0.5) is 11.4 Å². The van der Waals surface area contributed by atoms with Crippen molar-refractivity contribution in [2.24, 2.45) is 0 Å². The van der Waals surface area contributed by atoms with Gasteiger partial charge in [0.1, 0.15) is 18.5 Å².